The molecule has 16 heavy (non-hydrogen) atoms. The summed E-state index contributed by atoms with van der Waals surface area (Å²) < 4.78 is 2.09. The molecule has 4 nitrogen and oxygen atoms in total. The number of rotatable bonds is 4. The van der Waals surface area contributed by atoms with E-state index in [4.69, 9.17) is 5.11 Å². The molecule has 4 heteroatoms. The van der Waals surface area contributed by atoms with E-state index < -0.39 is 5.97 Å². The van der Waals surface area contributed by atoms with Gasteiger partial charge in [-0.3, -0.25) is 9.48 Å². The van der Waals surface area contributed by atoms with Gasteiger partial charge in [0.2, 0.25) is 0 Å². The Labute approximate surface area is 95.3 Å². The molecule has 1 heterocycles. The van der Waals surface area contributed by atoms with Gasteiger partial charge in [-0.25, -0.2) is 0 Å². The summed E-state index contributed by atoms with van der Waals surface area (Å²) in [6.45, 7) is 2.04. The van der Waals surface area contributed by atoms with Crippen LogP contribution in [-0.4, -0.2) is 20.9 Å². The minimum atomic E-state index is -0.743. The summed E-state index contributed by atoms with van der Waals surface area (Å²) in [5, 5.41) is 13.1. The molecule has 1 aliphatic carbocycles. The lowest BCUT2D eigenvalue weighted by Crippen LogP contribution is -2.08. The molecule has 0 unspecified atom stereocenters. The van der Waals surface area contributed by atoms with Crippen LogP contribution >= 0.6 is 0 Å². The molecule has 1 N–H and O–H groups in total. The van der Waals surface area contributed by atoms with Crippen molar-refractivity contribution in [2.45, 2.75) is 51.5 Å². The van der Waals surface area contributed by atoms with Crippen molar-refractivity contribution < 1.29 is 9.90 Å². The number of carboxylic acids is 1. The number of aromatic nitrogens is 2. The van der Waals surface area contributed by atoms with Gasteiger partial charge in [0.15, 0.2) is 0 Å². The molecule has 0 saturated heterocycles. The fourth-order valence-corrected chi connectivity index (χ4v) is 2.46. The van der Waals surface area contributed by atoms with Crippen LogP contribution < -0.4 is 0 Å². The van der Waals surface area contributed by atoms with Crippen LogP contribution in [0.25, 0.3) is 0 Å². The minimum absolute atomic E-state index is 0.192. The van der Waals surface area contributed by atoms with Crippen molar-refractivity contribution in [2.75, 3.05) is 0 Å². The number of nitrogens with zero attached hydrogens (tertiary/aromatic N) is 2. The normalized spacial score (nSPS) is 16.8. The molecular weight excluding hydrogens is 204 g/mol. The lowest BCUT2D eigenvalue weighted by atomic mass is 10.1. The van der Waals surface area contributed by atoms with Crippen molar-refractivity contribution in [3.8, 4) is 0 Å². The van der Waals surface area contributed by atoms with Crippen molar-refractivity contribution in [1.29, 1.82) is 0 Å². The first-order valence-electron chi connectivity index (χ1n) is 5.93. The fraction of sp³-hybridized carbons (Fsp3) is 0.667. The standard InChI is InChI=1S/C12H18N2O2/c1-9-10(6-7-12(15)16)8-13-14(9)11-4-2-3-5-11/h8,11H,2-7H2,1H3,(H,15,16). The van der Waals surface area contributed by atoms with E-state index in [1.165, 1.54) is 25.7 Å². The largest absolute Gasteiger partial charge is 0.481 e. The first-order valence-corrected chi connectivity index (χ1v) is 5.93. The number of aryl methyl sites for hydroxylation is 1. The van der Waals surface area contributed by atoms with Gasteiger partial charge in [0.25, 0.3) is 0 Å². The highest BCUT2D eigenvalue weighted by atomic mass is 16.4. The van der Waals surface area contributed by atoms with Gasteiger partial charge in [0.1, 0.15) is 0 Å². The van der Waals surface area contributed by atoms with Crippen LogP contribution in [0.5, 0.6) is 0 Å². The molecule has 0 spiro atoms. The monoisotopic (exact) mass is 222 g/mol. The van der Waals surface area contributed by atoms with Crippen LogP contribution in [0.2, 0.25) is 0 Å². The lowest BCUT2D eigenvalue weighted by Gasteiger charge is -2.12. The predicted octanol–water partition coefficient (Wildman–Crippen LogP) is 2.32. The van der Waals surface area contributed by atoms with Crippen LogP contribution in [0.3, 0.4) is 0 Å². The van der Waals surface area contributed by atoms with E-state index in [-0.39, 0.29) is 6.42 Å². The van der Waals surface area contributed by atoms with E-state index in [0.29, 0.717) is 12.5 Å². The number of carboxylic acid groups (broad SMARTS) is 1. The Hall–Kier alpha value is -1.32. The van der Waals surface area contributed by atoms with Crippen molar-refractivity contribution in [3.05, 3.63) is 17.5 Å². The Kier molecular flexibility index (Phi) is 3.27. The average molecular weight is 222 g/mol. The van der Waals surface area contributed by atoms with Crippen molar-refractivity contribution in [1.82, 2.24) is 9.78 Å². The van der Waals surface area contributed by atoms with E-state index >= 15 is 0 Å². The van der Waals surface area contributed by atoms with Crippen molar-refractivity contribution in [3.63, 3.8) is 0 Å². The molecule has 1 aliphatic rings. The second-order valence-corrected chi connectivity index (χ2v) is 4.53. The summed E-state index contributed by atoms with van der Waals surface area (Å²) in [5.74, 6) is -0.743. The highest BCUT2D eigenvalue weighted by Crippen LogP contribution is 2.30. The Balaban J connectivity index is 2.07. The number of hydrogen-bond donors (Lipinski definition) is 1. The van der Waals surface area contributed by atoms with Crippen LogP contribution in [0.4, 0.5) is 0 Å². The SMILES string of the molecule is Cc1c(CCC(=O)O)cnn1C1CCCC1. The quantitative estimate of drug-likeness (QED) is 0.850. The highest BCUT2D eigenvalue weighted by molar-refractivity contribution is 5.67. The van der Waals surface area contributed by atoms with E-state index in [1.54, 1.807) is 0 Å². The number of hydrogen-bond acceptors (Lipinski definition) is 2. The van der Waals surface area contributed by atoms with Crippen LogP contribution in [0.15, 0.2) is 6.20 Å². The third kappa shape index (κ3) is 2.26. The highest BCUT2D eigenvalue weighted by Gasteiger charge is 2.20. The van der Waals surface area contributed by atoms with Crippen LogP contribution in [0.1, 0.15) is 49.4 Å². The van der Waals surface area contributed by atoms with Crippen molar-refractivity contribution >= 4 is 5.97 Å². The third-order valence-corrected chi connectivity index (χ3v) is 3.43. The molecule has 1 aromatic rings. The van der Waals surface area contributed by atoms with Gasteiger partial charge in [-0.2, -0.15) is 5.10 Å². The molecule has 0 aliphatic heterocycles. The molecule has 0 amide bonds. The molecule has 2 rings (SSSR count). The smallest absolute Gasteiger partial charge is 0.303 e. The van der Waals surface area contributed by atoms with Crippen molar-refractivity contribution in [2.24, 2.45) is 0 Å². The molecule has 0 atom stereocenters. The molecule has 0 bridgehead atoms. The molecule has 1 saturated carbocycles. The maximum absolute atomic E-state index is 10.5. The summed E-state index contributed by atoms with van der Waals surface area (Å²) in [6.07, 6.45) is 7.60. The van der Waals surface area contributed by atoms with Gasteiger partial charge in [0, 0.05) is 12.1 Å². The zero-order valence-electron chi connectivity index (χ0n) is 9.65. The first kappa shape index (κ1) is 11.2. The second kappa shape index (κ2) is 4.68. The third-order valence-electron chi connectivity index (χ3n) is 3.43. The van der Waals surface area contributed by atoms with Crippen LogP contribution in [0, 0.1) is 6.92 Å². The van der Waals surface area contributed by atoms with Gasteiger partial charge in [-0.15, -0.1) is 0 Å². The first-order chi connectivity index (χ1) is 7.68. The van der Waals surface area contributed by atoms with Gasteiger partial charge in [-0.1, -0.05) is 12.8 Å². The van der Waals surface area contributed by atoms with E-state index in [9.17, 15) is 4.79 Å². The number of carbonyl (C=O) groups is 1. The fourth-order valence-electron chi connectivity index (χ4n) is 2.46. The Morgan fingerprint density at radius 1 is 1.56 bits per heavy atom. The number of aliphatic carboxylic acids is 1. The van der Waals surface area contributed by atoms with Gasteiger partial charge < -0.3 is 5.11 Å². The Morgan fingerprint density at radius 2 is 2.25 bits per heavy atom. The lowest BCUT2D eigenvalue weighted by molar-refractivity contribution is -0.136. The summed E-state index contributed by atoms with van der Waals surface area (Å²) in [7, 11) is 0. The summed E-state index contributed by atoms with van der Waals surface area (Å²) in [5.41, 5.74) is 2.22. The zero-order valence-corrected chi connectivity index (χ0v) is 9.65. The zero-order chi connectivity index (χ0) is 11.5. The Bertz CT molecular complexity index is 378. The van der Waals surface area contributed by atoms with Crippen LogP contribution in [-0.2, 0) is 11.2 Å². The summed E-state index contributed by atoms with van der Waals surface area (Å²) in [6, 6.07) is 0.540. The topological polar surface area (TPSA) is 55.1 Å². The van der Waals surface area contributed by atoms with E-state index in [1.807, 2.05) is 13.1 Å². The molecule has 0 radical (unpaired) electrons. The average Bonchev–Trinajstić information content (AvgIpc) is 2.84. The van der Waals surface area contributed by atoms with E-state index in [2.05, 4.69) is 9.78 Å². The Morgan fingerprint density at radius 3 is 2.88 bits per heavy atom. The molecule has 1 aromatic heterocycles. The second-order valence-electron chi connectivity index (χ2n) is 4.53. The van der Waals surface area contributed by atoms with Gasteiger partial charge >= 0.3 is 5.97 Å². The molecule has 0 aromatic carbocycles. The molecule has 88 valence electrons. The minimum Gasteiger partial charge on any atom is -0.481 e. The van der Waals surface area contributed by atoms with Gasteiger partial charge in [0.05, 0.1) is 12.2 Å². The summed E-state index contributed by atoms with van der Waals surface area (Å²) >= 11 is 0. The molecule has 1 fully saturated rings. The molecular formula is C12H18N2O2. The maximum atomic E-state index is 10.5. The predicted molar refractivity (Wildman–Crippen MR) is 60.4 cm³/mol. The maximum Gasteiger partial charge on any atom is 0.303 e. The van der Waals surface area contributed by atoms with E-state index in [0.717, 1.165) is 11.3 Å². The van der Waals surface area contributed by atoms with Gasteiger partial charge in [-0.05, 0) is 31.7 Å². The summed E-state index contributed by atoms with van der Waals surface area (Å²) in [4.78, 5) is 10.5.